The summed E-state index contributed by atoms with van der Waals surface area (Å²) >= 11 is 0. The lowest BCUT2D eigenvalue weighted by Crippen LogP contribution is -2.28. The maximum absolute atomic E-state index is 12.2. The molecule has 0 aromatic heterocycles. The monoisotopic (exact) mass is 769 g/mol. The third-order valence-corrected chi connectivity index (χ3v) is 10.1. The highest BCUT2D eigenvalue weighted by molar-refractivity contribution is 5.70. The van der Waals surface area contributed by atoms with Gasteiger partial charge in [0.2, 0.25) is 0 Å². The first kappa shape index (κ1) is 52.6. The van der Waals surface area contributed by atoms with Crippen LogP contribution in [0, 0.1) is 0 Å². The number of rotatable bonds is 42. The summed E-state index contributed by atoms with van der Waals surface area (Å²) in [6, 6.07) is 0. The molecule has 55 heavy (non-hydrogen) atoms. The largest absolute Gasteiger partial charge is 0.462 e. The molecule has 1 unspecified atom stereocenters. The second kappa shape index (κ2) is 46.0. The van der Waals surface area contributed by atoms with E-state index in [1.54, 1.807) is 0 Å². The Morgan fingerprint density at radius 1 is 0.436 bits per heavy atom. The molecule has 0 aromatic carbocycles. The summed E-state index contributed by atoms with van der Waals surface area (Å²) in [4.78, 5) is 24.1. The van der Waals surface area contributed by atoms with Crippen molar-refractivity contribution in [2.24, 2.45) is 0 Å². The summed E-state index contributed by atoms with van der Waals surface area (Å²) in [7, 11) is 0. The zero-order chi connectivity index (χ0) is 40.0. The minimum atomic E-state index is -0.765. The molecular formula is C50H88O5. The zero-order valence-corrected chi connectivity index (χ0v) is 36.2. The molecule has 318 valence electrons. The third-order valence-electron chi connectivity index (χ3n) is 10.1. The van der Waals surface area contributed by atoms with Crippen LogP contribution in [0.4, 0.5) is 0 Å². The van der Waals surface area contributed by atoms with Crippen LogP contribution in [0.3, 0.4) is 0 Å². The molecule has 5 nitrogen and oxygen atoms in total. The smallest absolute Gasteiger partial charge is 0.306 e. The molecule has 5 heteroatoms. The maximum Gasteiger partial charge on any atom is 0.306 e. The van der Waals surface area contributed by atoms with Crippen molar-refractivity contribution in [1.29, 1.82) is 0 Å². The number of ether oxygens (including phenoxy) is 2. The van der Waals surface area contributed by atoms with Crippen LogP contribution in [0.5, 0.6) is 0 Å². The van der Waals surface area contributed by atoms with Crippen molar-refractivity contribution in [1.82, 2.24) is 0 Å². The molecule has 0 bridgehead atoms. The Labute approximate surface area is 341 Å². The summed E-state index contributed by atoms with van der Waals surface area (Å²) in [5.41, 5.74) is 0. The van der Waals surface area contributed by atoms with Gasteiger partial charge in [0.25, 0.3) is 0 Å². The molecule has 0 spiro atoms. The number of hydrogen-bond donors (Lipinski definition) is 1. The number of aliphatic hydroxyl groups is 1. The summed E-state index contributed by atoms with van der Waals surface area (Å²) in [6.07, 6.45) is 60.7. The molecule has 0 aliphatic heterocycles. The Morgan fingerprint density at radius 3 is 1.18 bits per heavy atom. The number of allylic oxidation sites excluding steroid dienone is 10. The average Bonchev–Trinajstić information content (AvgIpc) is 3.19. The van der Waals surface area contributed by atoms with Crippen LogP contribution >= 0.6 is 0 Å². The van der Waals surface area contributed by atoms with Gasteiger partial charge in [-0.15, -0.1) is 0 Å². The highest BCUT2D eigenvalue weighted by Gasteiger charge is 2.16. The number of aliphatic hydroxyl groups excluding tert-OH is 1. The summed E-state index contributed by atoms with van der Waals surface area (Å²) in [6.45, 7) is 3.96. The molecule has 1 atom stereocenters. The number of carbonyl (C=O) groups is 2. The fourth-order valence-corrected chi connectivity index (χ4v) is 6.58. The van der Waals surface area contributed by atoms with E-state index in [0.717, 1.165) is 70.6 Å². The fourth-order valence-electron chi connectivity index (χ4n) is 6.58. The van der Waals surface area contributed by atoms with E-state index in [2.05, 4.69) is 74.6 Å². The van der Waals surface area contributed by atoms with Gasteiger partial charge in [0.1, 0.15) is 6.61 Å². The molecule has 0 aliphatic carbocycles. The van der Waals surface area contributed by atoms with E-state index < -0.39 is 6.10 Å². The number of esters is 2. The van der Waals surface area contributed by atoms with Crippen molar-refractivity contribution in [3.8, 4) is 0 Å². The van der Waals surface area contributed by atoms with Gasteiger partial charge in [-0.3, -0.25) is 9.59 Å². The van der Waals surface area contributed by atoms with Gasteiger partial charge in [0, 0.05) is 12.8 Å². The standard InChI is InChI=1S/C50H88O5/c1-3-5-7-9-11-12-13-14-15-16-17-18-19-20-21-22-23-24-25-26-27-28-29-30-31-32-33-34-35-36-37-38-39-41-43-45-50(53)55-48(46-51)47-54-49(52)44-42-40-10-8-6-4-2/h5,7,11-12,14-15,17-18,20-21,48,51H,3-4,6,8-10,13,16,19,22-47H2,1-2H3/b7-5-,12-11-,15-14-,18-17-,21-20-. The van der Waals surface area contributed by atoms with Crippen molar-refractivity contribution in [2.75, 3.05) is 13.2 Å². The number of hydrogen-bond acceptors (Lipinski definition) is 5. The Kier molecular flexibility index (Phi) is 44.0. The summed E-state index contributed by atoms with van der Waals surface area (Å²) < 4.78 is 10.5. The summed E-state index contributed by atoms with van der Waals surface area (Å²) in [5.74, 6) is -0.595. The Hall–Kier alpha value is -2.40. The fraction of sp³-hybridized carbons (Fsp3) is 0.760. The van der Waals surface area contributed by atoms with Gasteiger partial charge in [-0.25, -0.2) is 0 Å². The Balaban J connectivity index is 3.40. The molecule has 0 aliphatic rings. The van der Waals surface area contributed by atoms with Crippen molar-refractivity contribution in [3.63, 3.8) is 0 Å². The second-order valence-corrected chi connectivity index (χ2v) is 15.5. The van der Waals surface area contributed by atoms with Crippen LogP contribution < -0.4 is 0 Å². The minimum Gasteiger partial charge on any atom is -0.462 e. The van der Waals surface area contributed by atoms with Crippen molar-refractivity contribution in [2.45, 2.75) is 232 Å². The third kappa shape index (κ3) is 44.2. The SMILES string of the molecule is CC/C=C\C/C=C\C/C=C\C/C=C\C/C=C\CCCCCCCCCCCCCCCCCCCCCC(=O)OC(CO)COC(=O)CCCCCCCC. The van der Waals surface area contributed by atoms with Crippen LogP contribution in [0.15, 0.2) is 60.8 Å². The topological polar surface area (TPSA) is 72.8 Å². The predicted molar refractivity (Wildman–Crippen MR) is 237 cm³/mol. The summed E-state index contributed by atoms with van der Waals surface area (Å²) in [5, 5.41) is 9.51. The van der Waals surface area contributed by atoms with Crippen molar-refractivity contribution >= 4 is 11.9 Å². The van der Waals surface area contributed by atoms with Crippen LogP contribution in [-0.2, 0) is 19.1 Å². The zero-order valence-electron chi connectivity index (χ0n) is 36.2. The number of carbonyl (C=O) groups excluding carboxylic acids is 2. The lowest BCUT2D eigenvalue weighted by Gasteiger charge is -2.15. The van der Waals surface area contributed by atoms with Crippen LogP contribution in [0.2, 0.25) is 0 Å². The predicted octanol–water partition coefficient (Wildman–Crippen LogP) is 15.1. The van der Waals surface area contributed by atoms with Crippen LogP contribution in [0.1, 0.15) is 226 Å². The van der Waals surface area contributed by atoms with Crippen molar-refractivity contribution < 1.29 is 24.2 Å². The molecule has 0 rings (SSSR count). The first-order valence-corrected chi connectivity index (χ1v) is 23.3. The van der Waals surface area contributed by atoms with E-state index in [4.69, 9.17) is 9.47 Å². The molecule has 0 heterocycles. The van der Waals surface area contributed by atoms with E-state index in [0.29, 0.717) is 12.8 Å². The Bertz CT molecular complexity index is 961. The lowest BCUT2D eigenvalue weighted by molar-refractivity contribution is -0.161. The van der Waals surface area contributed by atoms with Gasteiger partial charge in [-0.1, -0.05) is 216 Å². The van der Waals surface area contributed by atoms with Gasteiger partial charge in [0.15, 0.2) is 6.10 Å². The quantitative estimate of drug-likeness (QED) is 0.0380. The molecule has 0 saturated heterocycles. The highest BCUT2D eigenvalue weighted by Crippen LogP contribution is 2.16. The van der Waals surface area contributed by atoms with Gasteiger partial charge in [-0.2, -0.15) is 0 Å². The molecule has 0 fully saturated rings. The van der Waals surface area contributed by atoms with Gasteiger partial charge in [0.05, 0.1) is 6.61 Å². The molecule has 0 amide bonds. The second-order valence-electron chi connectivity index (χ2n) is 15.5. The molecule has 0 aromatic rings. The molecule has 0 saturated carbocycles. The van der Waals surface area contributed by atoms with Crippen LogP contribution in [-0.4, -0.2) is 36.4 Å². The van der Waals surface area contributed by atoms with Gasteiger partial charge in [-0.05, 0) is 57.8 Å². The molecular weight excluding hydrogens is 681 g/mol. The lowest BCUT2D eigenvalue weighted by atomic mass is 10.0. The van der Waals surface area contributed by atoms with E-state index >= 15 is 0 Å². The van der Waals surface area contributed by atoms with Gasteiger partial charge < -0.3 is 14.6 Å². The highest BCUT2D eigenvalue weighted by atomic mass is 16.6. The van der Waals surface area contributed by atoms with Crippen molar-refractivity contribution in [3.05, 3.63) is 60.8 Å². The van der Waals surface area contributed by atoms with Gasteiger partial charge >= 0.3 is 11.9 Å². The van der Waals surface area contributed by atoms with E-state index in [-0.39, 0.29) is 25.2 Å². The maximum atomic E-state index is 12.2. The van der Waals surface area contributed by atoms with Crippen LogP contribution in [0.25, 0.3) is 0 Å². The number of unbranched alkanes of at least 4 members (excludes halogenated alkanes) is 24. The van der Waals surface area contributed by atoms with E-state index in [9.17, 15) is 14.7 Å². The van der Waals surface area contributed by atoms with E-state index in [1.807, 2.05) is 0 Å². The Morgan fingerprint density at radius 2 is 0.782 bits per heavy atom. The average molecular weight is 769 g/mol. The normalized spacial score (nSPS) is 12.7. The minimum absolute atomic E-state index is 0.0639. The molecule has 1 N–H and O–H groups in total. The first-order chi connectivity index (χ1) is 27.1. The van der Waals surface area contributed by atoms with E-state index in [1.165, 1.54) is 128 Å². The first-order valence-electron chi connectivity index (χ1n) is 23.3. The molecule has 0 radical (unpaired) electrons.